The molecule has 4 rings (SSSR count). The first-order valence-corrected chi connectivity index (χ1v) is 13.0. The molecule has 6 nitrogen and oxygen atoms in total. The van der Waals surface area contributed by atoms with Crippen molar-refractivity contribution >= 4 is 54.8 Å². The Morgan fingerprint density at radius 2 is 1.79 bits per heavy atom. The fraction of sp³-hybridized carbons (Fsp3) is 0.174. The summed E-state index contributed by atoms with van der Waals surface area (Å²) in [7, 11) is -3.76. The summed E-state index contributed by atoms with van der Waals surface area (Å²) in [5, 5.41) is 1.21. The van der Waals surface area contributed by atoms with E-state index in [0.29, 0.717) is 32.6 Å². The number of rotatable bonds is 8. The third kappa shape index (κ3) is 5.59. The van der Waals surface area contributed by atoms with Crippen LogP contribution in [0.3, 0.4) is 0 Å². The summed E-state index contributed by atoms with van der Waals surface area (Å²) in [6.45, 7) is 2.49. The average molecular weight is 523 g/mol. The number of aryl methyl sites for hydroxylation is 1. The van der Waals surface area contributed by atoms with Crippen molar-refractivity contribution in [1.82, 2.24) is 9.29 Å². The second-order valence-corrected chi connectivity index (χ2v) is 11.0. The Morgan fingerprint density at radius 3 is 2.52 bits per heavy atom. The zero-order valence-electron chi connectivity index (χ0n) is 17.5. The molecule has 1 aromatic heterocycles. The summed E-state index contributed by atoms with van der Waals surface area (Å²) in [5.41, 5.74) is 2.54. The van der Waals surface area contributed by atoms with Crippen molar-refractivity contribution in [2.24, 2.45) is 0 Å². The van der Waals surface area contributed by atoms with Gasteiger partial charge in [-0.2, -0.15) is 0 Å². The number of benzene rings is 3. The van der Waals surface area contributed by atoms with E-state index in [1.807, 2.05) is 25.1 Å². The van der Waals surface area contributed by atoms with Crippen LogP contribution in [-0.2, 0) is 16.6 Å². The number of thiazole rings is 1. The molecule has 0 radical (unpaired) electrons. The van der Waals surface area contributed by atoms with E-state index in [0.717, 1.165) is 22.5 Å². The first-order valence-electron chi connectivity index (χ1n) is 9.99. The molecule has 0 aliphatic carbocycles. The van der Waals surface area contributed by atoms with Crippen molar-refractivity contribution in [2.75, 3.05) is 13.2 Å². The standard InChI is InChI=1S/C23H20Cl2N2O4S2/c1-15-2-7-18(12-20(15)25)31-11-10-26-33(29,30)19-8-9-21-22(13-19)32-23(28)27(21)14-16-3-5-17(24)6-4-16/h2-9,12-13,26H,10-11,14H2,1H3. The molecule has 172 valence electrons. The predicted molar refractivity (Wildman–Crippen MR) is 134 cm³/mol. The third-order valence-electron chi connectivity index (χ3n) is 5.01. The molecule has 10 heteroatoms. The molecule has 0 saturated carbocycles. The normalized spacial score (nSPS) is 11.7. The minimum atomic E-state index is -3.76. The van der Waals surface area contributed by atoms with Crippen LogP contribution < -0.4 is 14.3 Å². The number of sulfonamides is 1. The Kier molecular flexibility index (Phi) is 7.11. The molecular formula is C23H20Cl2N2O4S2. The van der Waals surface area contributed by atoms with Crippen LogP contribution in [0.2, 0.25) is 10.0 Å². The van der Waals surface area contributed by atoms with Crippen LogP contribution in [0.1, 0.15) is 11.1 Å². The molecule has 0 bridgehead atoms. The van der Waals surface area contributed by atoms with E-state index in [-0.39, 0.29) is 22.9 Å². The van der Waals surface area contributed by atoms with Gasteiger partial charge in [-0.15, -0.1) is 0 Å². The summed E-state index contributed by atoms with van der Waals surface area (Å²) in [4.78, 5) is 12.5. The van der Waals surface area contributed by atoms with Gasteiger partial charge in [0.2, 0.25) is 10.0 Å². The Bertz CT molecular complexity index is 1460. The second-order valence-electron chi connectivity index (χ2n) is 7.37. The first kappa shape index (κ1) is 23.8. The van der Waals surface area contributed by atoms with Gasteiger partial charge in [-0.1, -0.05) is 52.7 Å². The van der Waals surface area contributed by atoms with Gasteiger partial charge in [0.1, 0.15) is 12.4 Å². The van der Waals surface area contributed by atoms with Gasteiger partial charge in [0.15, 0.2) is 0 Å². The number of fused-ring (bicyclic) bond motifs is 1. The smallest absolute Gasteiger partial charge is 0.308 e. The lowest BCUT2D eigenvalue weighted by Gasteiger charge is -2.10. The quantitative estimate of drug-likeness (QED) is 0.327. The number of ether oxygens (including phenoxy) is 1. The Morgan fingerprint density at radius 1 is 1.03 bits per heavy atom. The van der Waals surface area contributed by atoms with Crippen molar-refractivity contribution in [3.63, 3.8) is 0 Å². The highest BCUT2D eigenvalue weighted by molar-refractivity contribution is 7.89. The van der Waals surface area contributed by atoms with Crippen molar-refractivity contribution in [3.8, 4) is 5.75 Å². The molecule has 0 atom stereocenters. The average Bonchev–Trinajstić information content (AvgIpc) is 3.09. The number of halogens is 2. The lowest BCUT2D eigenvalue weighted by molar-refractivity contribution is 0.323. The second kappa shape index (κ2) is 9.87. The maximum atomic E-state index is 12.7. The van der Waals surface area contributed by atoms with Gasteiger partial charge in [0, 0.05) is 16.6 Å². The van der Waals surface area contributed by atoms with Crippen molar-refractivity contribution in [1.29, 1.82) is 0 Å². The van der Waals surface area contributed by atoms with Gasteiger partial charge < -0.3 is 4.74 Å². The molecule has 0 unspecified atom stereocenters. The summed E-state index contributed by atoms with van der Waals surface area (Å²) < 4.78 is 35.7. The molecule has 0 aliphatic heterocycles. The Labute approximate surface area is 205 Å². The zero-order valence-corrected chi connectivity index (χ0v) is 20.7. The number of aromatic nitrogens is 1. The van der Waals surface area contributed by atoms with Gasteiger partial charge in [0.25, 0.3) is 0 Å². The van der Waals surface area contributed by atoms with Crippen LogP contribution in [0.25, 0.3) is 10.2 Å². The predicted octanol–water partition coefficient (Wildman–Crippen LogP) is 5.08. The van der Waals surface area contributed by atoms with Gasteiger partial charge in [-0.3, -0.25) is 9.36 Å². The summed E-state index contributed by atoms with van der Waals surface area (Å²) in [6, 6.07) is 17.2. The van der Waals surface area contributed by atoms with Crippen LogP contribution in [0.15, 0.2) is 70.4 Å². The van der Waals surface area contributed by atoms with E-state index in [1.165, 1.54) is 12.1 Å². The summed E-state index contributed by atoms with van der Waals surface area (Å²) in [6.07, 6.45) is 0. The topological polar surface area (TPSA) is 77.4 Å². The number of nitrogens with one attached hydrogen (secondary N) is 1. The van der Waals surface area contributed by atoms with E-state index >= 15 is 0 Å². The number of nitrogens with zero attached hydrogens (tertiary/aromatic N) is 1. The summed E-state index contributed by atoms with van der Waals surface area (Å²) in [5.74, 6) is 0.568. The minimum absolute atomic E-state index is 0.0830. The highest BCUT2D eigenvalue weighted by Crippen LogP contribution is 2.23. The van der Waals surface area contributed by atoms with Crippen LogP contribution in [-0.4, -0.2) is 26.1 Å². The monoisotopic (exact) mass is 522 g/mol. The highest BCUT2D eigenvalue weighted by atomic mass is 35.5. The minimum Gasteiger partial charge on any atom is -0.492 e. The molecule has 0 fully saturated rings. The van der Waals surface area contributed by atoms with Crippen LogP contribution in [0, 0.1) is 6.92 Å². The molecule has 33 heavy (non-hydrogen) atoms. The van der Waals surface area contributed by atoms with Crippen molar-refractivity contribution in [2.45, 2.75) is 18.4 Å². The Balaban J connectivity index is 1.45. The van der Waals surface area contributed by atoms with E-state index < -0.39 is 10.0 Å². The molecule has 0 saturated heterocycles. The highest BCUT2D eigenvalue weighted by Gasteiger charge is 2.17. The maximum Gasteiger partial charge on any atom is 0.308 e. The van der Waals surface area contributed by atoms with Crippen LogP contribution in [0.5, 0.6) is 5.75 Å². The number of hydrogen-bond donors (Lipinski definition) is 1. The first-order chi connectivity index (χ1) is 15.7. The van der Waals surface area contributed by atoms with Gasteiger partial charge in [-0.05, 0) is 60.5 Å². The number of hydrogen-bond acceptors (Lipinski definition) is 5. The van der Waals surface area contributed by atoms with E-state index in [1.54, 1.807) is 34.9 Å². The molecule has 4 aromatic rings. The lowest BCUT2D eigenvalue weighted by atomic mass is 10.2. The largest absolute Gasteiger partial charge is 0.492 e. The van der Waals surface area contributed by atoms with Crippen molar-refractivity contribution in [3.05, 3.63) is 91.5 Å². The molecule has 0 spiro atoms. The van der Waals surface area contributed by atoms with E-state index in [2.05, 4.69) is 4.72 Å². The van der Waals surface area contributed by atoms with E-state index in [4.69, 9.17) is 27.9 Å². The third-order valence-corrected chi connectivity index (χ3v) is 8.07. The van der Waals surface area contributed by atoms with E-state index in [9.17, 15) is 13.2 Å². The maximum absolute atomic E-state index is 12.7. The van der Waals surface area contributed by atoms with Crippen LogP contribution in [0.4, 0.5) is 0 Å². The molecule has 1 N–H and O–H groups in total. The molecule has 3 aromatic carbocycles. The van der Waals surface area contributed by atoms with Gasteiger partial charge >= 0.3 is 4.87 Å². The molecule has 0 amide bonds. The van der Waals surface area contributed by atoms with Crippen LogP contribution >= 0.6 is 34.5 Å². The molecule has 1 heterocycles. The summed E-state index contributed by atoms with van der Waals surface area (Å²) >= 11 is 13.0. The lowest BCUT2D eigenvalue weighted by Crippen LogP contribution is -2.28. The van der Waals surface area contributed by atoms with Gasteiger partial charge in [0.05, 0.1) is 21.7 Å². The fourth-order valence-electron chi connectivity index (χ4n) is 3.23. The Hall–Kier alpha value is -2.36. The van der Waals surface area contributed by atoms with Gasteiger partial charge in [-0.25, -0.2) is 13.1 Å². The molecule has 0 aliphatic rings. The molecular weight excluding hydrogens is 503 g/mol. The van der Waals surface area contributed by atoms with Crippen molar-refractivity contribution < 1.29 is 13.2 Å². The SMILES string of the molecule is Cc1ccc(OCCNS(=O)(=O)c2ccc3c(c2)sc(=O)n3Cc2ccc(Cl)cc2)cc1Cl. The fourth-order valence-corrected chi connectivity index (χ4v) is 5.57. The zero-order chi connectivity index (χ0) is 23.6.